The standard InChI is InChI=1S/C15H22ClN3S/c1-3-9-17-14(15-13(16)11-18-19(15)2)8-4-6-12-7-5-10-20-12/h5,7,10-11,14,17H,3-4,6,8-9H2,1-2H3. The van der Waals surface area contributed by atoms with Crippen molar-refractivity contribution in [2.45, 2.75) is 38.6 Å². The van der Waals surface area contributed by atoms with E-state index in [-0.39, 0.29) is 6.04 Å². The maximum Gasteiger partial charge on any atom is 0.0833 e. The number of hydrogen-bond donors (Lipinski definition) is 1. The zero-order chi connectivity index (χ0) is 14.4. The zero-order valence-electron chi connectivity index (χ0n) is 12.1. The number of rotatable bonds is 8. The van der Waals surface area contributed by atoms with Crippen molar-refractivity contribution in [3.63, 3.8) is 0 Å². The van der Waals surface area contributed by atoms with E-state index >= 15 is 0 Å². The summed E-state index contributed by atoms with van der Waals surface area (Å²) in [5.41, 5.74) is 1.10. The number of hydrogen-bond acceptors (Lipinski definition) is 3. The molecule has 0 aliphatic heterocycles. The van der Waals surface area contributed by atoms with Crippen molar-refractivity contribution in [3.05, 3.63) is 39.3 Å². The average molecular weight is 312 g/mol. The monoisotopic (exact) mass is 311 g/mol. The van der Waals surface area contributed by atoms with Crippen LogP contribution in [0.25, 0.3) is 0 Å². The van der Waals surface area contributed by atoms with E-state index in [1.54, 1.807) is 6.20 Å². The molecular weight excluding hydrogens is 290 g/mol. The molecule has 3 nitrogen and oxygen atoms in total. The Morgan fingerprint density at radius 1 is 1.50 bits per heavy atom. The molecule has 2 aromatic heterocycles. The normalized spacial score (nSPS) is 12.8. The number of nitrogens with zero attached hydrogens (tertiary/aromatic N) is 2. The van der Waals surface area contributed by atoms with Gasteiger partial charge in [0, 0.05) is 11.9 Å². The van der Waals surface area contributed by atoms with Crippen molar-refractivity contribution in [1.29, 1.82) is 0 Å². The molecule has 0 radical (unpaired) electrons. The van der Waals surface area contributed by atoms with E-state index < -0.39 is 0 Å². The summed E-state index contributed by atoms with van der Waals surface area (Å²) >= 11 is 8.11. The molecule has 0 spiro atoms. The Morgan fingerprint density at radius 3 is 2.95 bits per heavy atom. The second-order valence-electron chi connectivity index (χ2n) is 4.98. The van der Waals surface area contributed by atoms with E-state index in [1.165, 1.54) is 4.88 Å². The van der Waals surface area contributed by atoms with Gasteiger partial charge in [0.2, 0.25) is 0 Å². The van der Waals surface area contributed by atoms with Crippen LogP contribution in [0.3, 0.4) is 0 Å². The third-order valence-electron chi connectivity index (χ3n) is 3.40. The van der Waals surface area contributed by atoms with Crippen LogP contribution < -0.4 is 5.32 Å². The van der Waals surface area contributed by atoms with Gasteiger partial charge in [-0.1, -0.05) is 24.6 Å². The van der Waals surface area contributed by atoms with Crippen molar-refractivity contribution in [3.8, 4) is 0 Å². The molecule has 5 heteroatoms. The molecule has 2 heterocycles. The van der Waals surface area contributed by atoms with Gasteiger partial charge in [-0.15, -0.1) is 11.3 Å². The zero-order valence-corrected chi connectivity index (χ0v) is 13.7. The van der Waals surface area contributed by atoms with Crippen LogP contribution in [-0.4, -0.2) is 16.3 Å². The molecule has 2 aromatic rings. The smallest absolute Gasteiger partial charge is 0.0833 e. The highest BCUT2D eigenvalue weighted by molar-refractivity contribution is 7.09. The van der Waals surface area contributed by atoms with Gasteiger partial charge >= 0.3 is 0 Å². The van der Waals surface area contributed by atoms with Crippen LogP contribution in [0, 0.1) is 0 Å². The Balaban J connectivity index is 1.96. The third kappa shape index (κ3) is 4.08. The van der Waals surface area contributed by atoms with E-state index in [0.717, 1.165) is 42.9 Å². The van der Waals surface area contributed by atoms with Crippen molar-refractivity contribution < 1.29 is 0 Å². The van der Waals surface area contributed by atoms with Gasteiger partial charge in [-0.25, -0.2) is 0 Å². The minimum Gasteiger partial charge on any atom is -0.309 e. The van der Waals surface area contributed by atoms with Gasteiger partial charge in [0.25, 0.3) is 0 Å². The number of halogens is 1. The highest BCUT2D eigenvalue weighted by Gasteiger charge is 2.18. The number of aromatic nitrogens is 2. The summed E-state index contributed by atoms with van der Waals surface area (Å²) in [5, 5.41) is 10.7. The maximum absolute atomic E-state index is 6.28. The van der Waals surface area contributed by atoms with Gasteiger partial charge in [0.15, 0.2) is 0 Å². The van der Waals surface area contributed by atoms with Crippen LogP contribution in [0.5, 0.6) is 0 Å². The third-order valence-corrected chi connectivity index (χ3v) is 4.63. The molecule has 2 rings (SSSR count). The first-order valence-electron chi connectivity index (χ1n) is 7.15. The Hall–Kier alpha value is -0.840. The Morgan fingerprint density at radius 2 is 2.35 bits per heavy atom. The van der Waals surface area contributed by atoms with E-state index in [2.05, 4.69) is 34.9 Å². The van der Waals surface area contributed by atoms with Gasteiger partial charge in [-0.3, -0.25) is 4.68 Å². The van der Waals surface area contributed by atoms with Crippen molar-refractivity contribution in [2.75, 3.05) is 6.54 Å². The fourth-order valence-electron chi connectivity index (χ4n) is 2.40. The first-order chi connectivity index (χ1) is 9.72. The first-order valence-corrected chi connectivity index (χ1v) is 8.41. The Bertz CT molecular complexity index is 488. The number of thiophene rings is 1. The summed E-state index contributed by atoms with van der Waals surface area (Å²) in [6.07, 6.45) is 6.23. The Kier molecular flexibility index (Phi) is 6.07. The Labute approximate surface area is 130 Å². The molecule has 1 atom stereocenters. The molecule has 0 amide bonds. The highest BCUT2D eigenvalue weighted by Crippen LogP contribution is 2.26. The van der Waals surface area contributed by atoms with E-state index in [9.17, 15) is 0 Å². The average Bonchev–Trinajstić information content (AvgIpc) is 3.05. The molecule has 110 valence electrons. The lowest BCUT2D eigenvalue weighted by Crippen LogP contribution is -2.24. The first kappa shape index (κ1) is 15.5. The summed E-state index contributed by atoms with van der Waals surface area (Å²) in [5.74, 6) is 0. The SMILES string of the molecule is CCCNC(CCCc1cccs1)c1c(Cl)cnn1C. The van der Waals surface area contributed by atoms with Crippen LogP contribution >= 0.6 is 22.9 Å². The van der Waals surface area contributed by atoms with Crippen molar-refractivity contribution >= 4 is 22.9 Å². The highest BCUT2D eigenvalue weighted by atomic mass is 35.5. The van der Waals surface area contributed by atoms with Crippen LogP contribution in [0.2, 0.25) is 5.02 Å². The summed E-state index contributed by atoms with van der Waals surface area (Å²) < 4.78 is 1.89. The molecule has 0 bridgehead atoms. The van der Waals surface area contributed by atoms with E-state index in [1.807, 2.05) is 23.1 Å². The predicted molar refractivity (Wildman–Crippen MR) is 86.5 cm³/mol. The topological polar surface area (TPSA) is 29.9 Å². The van der Waals surface area contributed by atoms with Crippen molar-refractivity contribution in [1.82, 2.24) is 15.1 Å². The van der Waals surface area contributed by atoms with E-state index in [0.29, 0.717) is 0 Å². The predicted octanol–water partition coefficient (Wildman–Crippen LogP) is 4.20. The minimum atomic E-state index is 0.287. The van der Waals surface area contributed by atoms with Crippen molar-refractivity contribution in [2.24, 2.45) is 7.05 Å². The quantitative estimate of drug-likeness (QED) is 0.792. The second kappa shape index (κ2) is 7.81. The van der Waals surface area contributed by atoms with Crippen LogP contribution in [0.1, 0.15) is 42.8 Å². The summed E-state index contributed by atoms with van der Waals surface area (Å²) in [7, 11) is 1.96. The van der Waals surface area contributed by atoms with Gasteiger partial charge in [-0.05, 0) is 43.7 Å². The second-order valence-corrected chi connectivity index (χ2v) is 6.42. The molecule has 20 heavy (non-hydrogen) atoms. The lowest BCUT2D eigenvalue weighted by molar-refractivity contribution is 0.457. The lowest BCUT2D eigenvalue weighted by Gasteiger charge is -2.19. The fraction of sp³-hybridized carbons (Fsp3) is 0.533. The maximum atomic E-state index is 6.28. The molecule has 0 saturated heterocycles. The van der Waals surface area contributed by atoms with Gasteiger partial charge < -0.3 is 5.32 Å². The molecule has 0 fully saturated rings. The van der Waals surface area contributed by atoms with Gasteiger partial charge in [0.05, 0.1) is 23.0 Å². The van der Waals surface area contributed by atoms with E-state index in [4.69, 9.17) is 11.6 Å². The summed E-state index contributed by atoms with van der Waals surface area (Å²) in [6, 6.07) is 4.61. The molecule has 0 saturated carbocycles. The molecule has 0 aliphatic rings. The number of aryl methyl sites for hydroxylation is 2. The molecule has 0 aromatic carbocycles. The molecular formula is C15H22ClN3S. The molecule has 1 unspecified atom stereocenters. The molecule has 1 N–H and O–H groups in total. The summed E-state index contributed by atoms with van der Waals surface area (Å²) in [4.78, 5) is 1.45. The summed E-state index contributed by atoms with van der Waals surface area (Å²) in [6.45, 7) is 3.19. The largest absolute Gasteiger partial charge is 0.309 e. The van der Waals surface area contributed by atoms with Crippen LogP contribution in [-0.2, 0) is 13.5 Å². The minimum absolute atomic E-state index is 0.287. The van der Waals surface area contributed by atoms with Crippen LogP contribution in [0.15, 0.2) is 23.7 Å². The fourth-order valence-corrected chi connectivity index (χ4v) is 3.45. The number of nitrogens with one attached hydrogen (secondary N) is 1. The molecule has 0 aliphatic carbocycles. The van der Waals surface area contributed by atoms with Gasteiger partial charge in [-0.2, -0.15) is 5.10 Å². The lowest BCUT2D eigenvalue weighted by atomic mass is 10.1. The van der Waals surface area contributed by atoms with Gasteiger partial charge in [0.1, 0.15) is 0 Å². The van der Waals surface area contributed by atoms with Crippen LogP contribution in [0.4, 0.5) is 0 Å².